The van der Waals surface area contributed by atoms with E-state index in [4.69, 9.17) is 26.1 Å². The molecule has 2 aromatic carbocycles. The summed E-state index contributed by atoms with van der Waals surface area (Å²) < 4.78 is 10.6. The molecule has 3 aromatic rings. The van der Waals surface area contributed by atoms with E-state index in [-0.39, 0.29) is 5.91 Å². The van der Waals surface area contributed by atoms with Gasteiger partial charge >= 0.3 is 0 Å². The third-order valence-corrected chi connectivity index (χ3v) is 5.68. The summed E-state index contributed by atoms with van der Waals surface area (Å²) in [7, 11) is 3.08. The number of anilines is 2. The molecule has 1 amide bonds. The number of rotatable bonds is 6. The minimum absolute atomic E-state index is 0.114. The zero-order chi connectivity index (χ0) is 21.8. The van der Waals surface area contributed by atoms with Crippen molar-refractivity contribution in [2.75, 3.05) is 57.2 Å². The number of imidazole rings is 1. The number of carbonyl (C=O) groups excluding carboxylic acids is 1. The van der Waals surface area contributed by atoms with Gasteiger partial charge in [-0.2, -0.15) is 0 Å². The summed E-state index contributed by atoms with van der Waals surface area (Å²) in [6.07, 6.45) is 0.946. The minimum atomic E-state index is -0.114. The van der Waals surface area contributed by atoms with E-state index in [0.29, 0.717) is 28.8 Å². The monoisotopic (exact) mass is 443 g/mol. The number of halogens is 1. The first-order valence-corrected chi connectivity index (χ1v) is 10.6. The van der Waals surface area contributed by atoms with Crippen LogP contribution in [0.4, 0.5) is 11.6 Å². The summed E-state index contributed by atoms with van der Waals surface area (Å²) in [5.41, 5.74) is 2.52. The van der Waals surface area contributed by atoms with Crippen molar-refractivity contribution in [1.82, 2.24) is 14.9 Å². The molecule has 1 aliphatic rings. The molecule has 0 saturated carbocycles. The van der Waals surface area contributed by atoms with Gasteiger partial charge < -0.3 is 24.7 Å². The smallest absolute Gasteiger partial charge is 0.238 e. The zero-order valence-corrected chi connectivity index (χ0v) is 18.4. The van der Waals surface area contributed by atoms with Gasteiger partial charge in [-0.3, -0.25) is 9.69 Å². The molecule has 4 rings (SSSR count). The Labute approximate surface area is 186 Å². The van der Waals surface area contributed by atoms with Gasteiger partial charge in [0.2, 0.25) is 11.9 Å². The van der Waals surface area contributed by atoms with Crippen LogP contribution < -0.4 is 19.7 Å². The molecule has 2 N–H and O–H groups in total. The third kappa shape index (κ3) is 4.86. The summed E-state index contributed by atoms with van der Waals surface area (Å²) in [4.78, 5) is 25.2. The predicted molar refractivity (Wildman–Crippen MR) is 123 cm³/mol. The molecular weight excluding hydrogens is 418 g/mol. The largest absolute Gasteiger partial charge is 0.495 e. The second-order valence-corrected chi connectivity index (χ2v) is 7.84. The van der Waals surface area contributed by atoms with E-state index < -0.39 is 0 Å². The fourth-order valence-corrected chi connectivity index (χ4v) is 4.02. The number of ether oxygens (including phenoxy) is 2. The average Bonchev–Trinajstić information content (AvgIpc) is 3.06. The number of carbonyl (C=O) groups is 1. The van der Waals surface area contributed by atoms with Gasteiger partial charge in [-0.05, 0) is 24.6 Å². The van der Waals surface area contributed by atoms with Crippen molar-refractivity contribution in [1.29, 1.82) is 0 Å². The number of methoxy groups -OCH3 is 2. The van der Waals surface area contributed by atoms with Crippen molar-refractivity contribution in [3.05, 3.63) is 41.4 Å². The first-order chi connectivity index (χ1) is 15.1. The van der Waals surface area contributed by atoms with Crippen LogP contribution in [0.3, 0.4) is 0 Å². The number of hydrogen-bond acceptors (Lipinski definition) is 6. The Morgan fingerprint density at radius 1 is 1.13 bits per heavy atom. The van der Waals surface area contributed by atoms with Crippen LogP contribution in [-0.2, 0) is 4.79 Å². The molecule has 31 heavy (non-hydrogen) atoms. The molecule has 0 bridgehead atoms. The van der Waals surface area contributed by atoms with Crippen molar-refractivity contribution in [2.45, 2.75) is 6.42 Å². The lowest BCUT2D eigenvalue weighted by Gasteiger charge is -2.21. The van der Waals surface area contributed by atoms with Crippen molar-refractivity contribution in [2.24, 2.45) is 0 Å². The van der Waals surface area contributed by atoms with E-state index in [0.717, 1.165) is 49.6 Å². The van der Waals surface area contributed by atoms with Gasteiger partial charge in [-0.25, -0.2) is 4.98 Å². The van der Waals surface area contributed by atoms with Gasteiger partial charge in [0.05, 0.1) is 42.5 Å². The molecule has 0 radical (unpaired) electrons. The van der Waals surface area contributed by atoms with Crippen molar-refractivity contribution >= 4 is 40.2 Å². The highest BCUT2D eigenvalue weighted by atomic mass is 35.5. The Hall–Kier alpha value is -2.97. The zero-order valence-electron chi connectivity index (χ0n) is 17.7. The van der Waals surface area contributed by atoms with Crippen molar-refractivity contribution in [3.8, 4) is 11.5 Å². The summed E-state index contributed by atoms with van der Waals surface area (Å²) in [6, 6.07) is 11.3. The lowest BCUT2D eigenvalue weighted by molar-refractivity contribution is -0.117. The first-order valence-electron chi connectivity index (χ1n) is 10.2. The van der Waals surface area contributed by atoms with Gasteiger partial charge in [-0.1, -0.05) is 23.7 Å². The molecule has 164 valence electrons. The number of hydrogen-bond donors (Lipinski definition) is 2. The number of amides is 1. The third-order valence-electron chi connectivity index (χ3n) is 5.38. The van der Waals surface area contributed by atoms with Crippen LogP contribution in [0.2, 0.25) is 5.02 Å². The Kier molecular flexibility index (Phi) is 6.48. The van der Waals surface area contributed by atoms with Crippen LogP contribution in [0.5, 0.6) is 11.5 Å². The van der Waals surface area contributed by atoms with Gasteiger partial charge in [0.25, 0.3) is 0 Å². The van der Waals surface area contributed by atoms with Crippen molar-refractivity contribution in [3.63, 3.8) is 0 Å². The normalized spacial score (nSPS) is 15.0. The highest BCUT2D eigenvalue weighted by Gasteiger charge is 2.20. The number of nitrogens with zero attached hydrogens (tertiary/aromatic N) is 3. The summed E-state index contributed by atoms with van der Waals surface area (Å²) in [5, 5.41) is 3.32. The quantitative estimate of drug-likeness (QED) is 0.607. The highest BCUT2D eigenvalue weighted by molar-refractivity contribution is 6.32. The van der Waals surface area contributed by atoms with Crippen LogP contribution in [0.1, 0.15) is 6.42 Å². The first kappa shape index (κ1) is 21.3. The number of nitrogens with one attached hydrogen (secondary N) is 2. The Morgan fingerprint density at radius 2 is 1.94 bits per heavy atom. The molecule has 0 aliphatic carbocycles. The summed E-state index contributed by atoms with van der Waals surface area (Å²) in [6.45, 7) is 3.58. The molecule has 0 unspecified atom stereocenters. The number of fused-ring (bicyclic) bond motifs is 1. The average molecular weight is 444 g/mol. The van der Waals surface area contributed by atoms with Gasteiger partial charge in [0.15, 0.2) is 0 Å². The number of aromatic amines is 1. The Balaban J connectivity index is 1.37. The molecule has 2 heterocycles. The van der Waals surface area contributed by atoms with E-state index in [1.165, 1.54) is 7.11 Å². The fourth-order valence-electron chi connectivity index (χ4n) is 3.78. The second-order valence-electron chi connectivity index (χ2n) is 7.43. The number of para-hydroxylation sites is 2. The Morgan fingerprint density at radius 3 is 2.71 bits per heavy atom. The topological polar surface area (TPSA) is 82.7 Å². The Bertz CT molecular complexity index is 1040. The molecule has 0 atom stereocenters. The molecular formula is C22H26ClN5O3. The maximum atomic E-state index is 12.7. The molecule has 1 saturated heterocycles. The number of H-pyrrole nitrogens is 1. The summed E-state index contributed by atoms with van der Waals surface area (Å²) in [5.74, 6) is 1.76. The van der Waals surface area contributed by atoms with E-state index >= 15 is 0 Å². The molecule has 1 fully saturated rings. The van der Waals surface area contributed by atoms with E-state index in [2.05, 4.69) is 20.1 Å². The molecule has 8 nitrogen and oxygen atoms in total. The van der Waals surface area contributed by atoms with Crippen LogP contribution >= 0.6 is 11.6 Å². The highest BCUT2D eigenvalue weighted by Crippen LogP contribution is 2.35. The standard InChI is InChI=1S/C22H26ClN5O3/c1-30-19-13-20(31-2)18(12-15(19)23)24-21(29)14-27-8-5-9-28(11-10-27)22-25-16-6-3-4-7-17(16)26-22/h3-4,6-7,12-13H,5,8-11,14H2,1-2H3,(H,24,29)(H,25,26). The fraction of sp³-hybridized carbons (Fsp3) is 0.364. The summed E-state index contributed by atoms with van der Waals surface area (Å²) >= 11 is 6.20. The lowest BCUT2D eigenvalue weighted by atomic mass is 10.2. The number of aromatic nitrogens is 2. The minimum Gasteiger partial charge on any atom is -0.495 e. The predicted octanol–water partition coefficient (Wildman–Crippen LogP) is 3.38. The maximum Gasteiger partial charge on any atom is 0.238 e. The van der Waals surface area contributed by atoms with Crippen molar-refractivity contribution < 1.29 is 14.3 Å². The second kappa shape index (κ2) is 9.45. The van der Waals surface area contributed by atoms with Gasteiger partial charge in [-0.15, -0.1) is 0 Å². The van der Waals surface area contributed by atoms with Gasteiger partial charge in [0, 0.05) is 32.2 Å². The van der Waals surface area contributed by atoms with E-state index in [1.54, 1.807) is 19.2 Å². The van der Waals surface area contributed by atoms with Crippen LogP contribution in [0.25, 0.3) is 11.0 Å². The van der Waals surface area contributed by atoms with Crippen LogP contribution in [0, 0.1) is 0 Å². The van der Waals surface area contributed by atoms with E-state index in [9.17, 15) is 4.79 Å². The molecule has 0 spiro atoms. The van der Waals surface area contributed by atoms with Crippen LogP contribution in [-0.4, -0.2) is 67.7 Å². The SMILES string of the molecule is COc1cc(OC)c(NC(=O)CN2CCCN(c3nc4ccccc4[nH]3)CC2)cc1Cl. The van der Waals surface area contributed by atoms with E-state index in [1.807, 2.05) is 24.3 Å². The molecule has 9 heteroatoms. The number of benzene rings is 2. The lowest BCUT2D eigenvalue weighted by Crippen LogP contribution is -2.36. The molecule has 1 aliphatic heterocycles. The molecule has 1 aromatic heterocycles. The maximum absolute atomic E-state index is 12.7. The van der Waals surface area contributed by atoms with Gasteiger partial charge in [0.1, 0.15) is 11.5 Å². The van der Waals surface area contributed by atoms with Crippen LogP contribution in [0.15, 0.2) is 36.4 Å².